The molecule has 4 nitrogen and oxygen atoms in total. The molecule has 1 N–H and O–H groups in total. The molecule has 25 heavy (non-hydrogen) atoms. The number of piperidine rings is 1. The molecule has 1 aromatic carbocycles. The molecule has 3 heterocycles. The van der Waals surface area contributed by atoms with Crippen molar-refractivity contribution in [1.29, 1.82) is 0 Å². The zero-order chi connectivity index (χ0) is 15.9. The highest BCUT2D eigenvalue weighted by atomic mass is 35.5. The number of nitrogens with zero attached hydrogens (tertiary/aromatic N) is 2. The highest BCUT2D eigenvalue weighted by molar-refractivity contribution is 6.32. The number of benzene rings is 1. The van der Waals surface area contributed by atoms with Crippen LogP contribution in [-0.4, -0.2) is 42.0 Å². The molecule has 2 aromatic rings. The van der Waals surface area contributed by atoms with E-state index in [2.05, 4.69) is 10.3 Å². The molecule has 0 saturated carbocycles. The van der Waals surface area contributed by atoms with Gasteiger partial charge in [0, 0.05) is 36.2 Å². The first kappa shape index (κ1) is 20.2. The molecule has 2 saturated heterocycles. The molecular formula is C18H22Cl3N3O. The maximum atomic E-state index is 13.0. The molecule has 136 valence electrons. The van der Waals surface area contributed by atoms with E-state index in [4.69, 9.17) is 11.6 Å². The van der Waals surface area contributed by atoms with Gasteiger partial charge in [0.1, 0.15) is 0 Å². The average molecular weight is 403 g/mol. The second kappa shape index (κ2) is 8.09. The minimum atomic E-state index is 0. The molecule has 1 spiro atoms. The van der Waals surface area contributed by atoms with Crippen molar-refractivity contribution < 1.29 is 4.79 Å². The van der Waals surface area contributed by atoms with E-state index in [1.807, 2.05) is 23.1 Å². The first-order valence-electron chi connectivity index (χ1n) is 8.21. The molecule has 0 bridgehead atoms. The monoisotopic (exact) mass is 401 g/mol. The molecule has 0 unspecified atom stereocenters. The second-order valence-corrected chi connectivity index (χ2v) is 7.18. The third-order valence-corrected chi connectivity index (χ3v) is 5.56. The van der Waals surface area contributed by atoms with Gasteiger partial charge in [-0.25, -0.2) is 0 Å². The van der Waals surface area contributed by atoms with Gasteiger partial charge in [-0.05, 0) is 49.4 Å². The number of hydrogen-bond donors (Lipinski definition) is 1. The Morgan fingerprint density at radius 1 is 1.20 bits per heavy atom. The predicted molar refractivity (Wildman–Crippen MR) is 106 cm³/mol. The number of rotatable bonds is 1. The maximum absolute atomic E-state index is 13.0. The van der Waals surface area contributed by atoms with Crippen LogP contribution in [0.25, 0.3) is 10.9 Å². The van der Waals surface area contributed by atoms with Gasteiger partial charge < -0.3 is 10.2 Å². The molecule has 7 heteroatoms. The maximum Gasteiger partial charge on any atom is 0.256 e. The van der Waals surface area contributed by atoms with E-state index in [0.29, 0.717) is 16.0 Å². The number of carbonyl (C=O) groups excluding carboxylic acids is 1. The summed E-state index contributed by atoms with van der Waals surface area (Å²) >= 11 is 6.20. The fourth-order valence-electron chi connectivity index (χ4n) is 3.90. The topological polar surface area (TPSA) is 45.2 Å². The number of aromatic nitrogens is 1. The smallest absolute Gasteiger partial charge is 0.256 e. The quantitative estimate of drug-likeness (QED) is 0.785. The summed E-state index contributed by atoms with van der Waals surface area (Å²) in [6.07, 6.45) is 5.12. The summed E-state index contributed by atoms with van der Waals surface area (Å²) in [7, 11) is 0. The SMILES string of the molecule is Cl.Cl.O=C(c1cc(Cl)cc2cccnc12)N1CCC2(CCNC2)CC1. The molecule has 1 amide bonds. The Kier molecular flexibility index (Phi) is 6.55. The van der Waals surface area contributed by atoms with Gasteiger partial charge in [0.05, 0.1) is 11.1 Å². The number of hydrogen-bond acceptors (Lipinski definition) is 3. The molecule has 1 aromatic heterocycles. The summed E-state index contributed by atoms with van der Waals surface area (Å²) in [5.41, 5.74) is 1.77. The number of nitrogens with one attached hydrogen (secondary N) is 1. The summed E-state index contributed by atoms with van der Waals surface area (Å²) in [6.45, 7) is 3.84. The summed E-state index contributed by atoms with van der Waals surface area (Å²) in [6, 6.07) is 7.42. The molecular weight excluding hydrogens is 381 g/mol. The van der Waals surface area contributed by atoms with Crippen molar-refractivity contribution in [2.75, 3.05) is 26.2 Å². The van der Waals surface area contributed by atoms with Crippen LogP contribution >= 0.6 is 36.4 Å². The lowest BCUT2D eigenvalue weighted by molar-refractivity contribution is 0.0609. The minimum Gasteiger partial charge on any atom is -0.339 e. The van der Waals surface area contributed by atoms with E-state index in [1.165, 1.54) is 6.42 Å². The number of pyridine rings is 1. The third-order valence-electron chi connectivity index (χ3n) is 5.34. The Morgan fingerprint density at radius 3 is 2.64 bits per heavy atom. The van der Waals surface area contributed by atoms with E-state index >= 15 is 0 Å². The van der Waals surface area contributed by atoms with E-state index in [0.717, 1.165) is 49.9 Å². The zero-order valence-electron chi connectivity index (χ0n) is 13.8. The van der Waals surface area contributed by atoms with Crippen LogP contribution in [0.15, 0.2) is 30.5 Å². The van der Waals surface area contributed by atoms with Crippen molar-refractivity contribution >= 4 is 53.2 Å². The third kappa shape index (κ3) is 3.87. The van der Waals surface area contributed by atoms with Gasteiger partial charge in [0.2, 0.25) is 0 Å². The van der Waals surface area contributed by atoms with Gasteiger partial charge in [-0.15, -0.1) is 24.8 Å². The molecule has 2 fully saturated rings. The van der Waals surface area contributed by atoms with Crippen molar-refractivity contribution in [1.82, 2.24) is 15.2 Å². The van der Waals surface area contributed by atoms with E-state index in [1.54, 1.807) is 12.3 Å². The zero-order valence-corrected chi connectivity index (χ0v) is 16.2. The second-order valence-electron chi connectivity index (χ2n) is 6.75. The highest BCUT2D eigenvalue weighted by Crippen LogP contribution is 2.37. The van der Waals surface area contributed by atoms with Crippen LogP contribution in [0.2, 0.25) is 5.02 Å². The highest BCUT2D eigenvalue weighted by Gasteiger charge is 2.38. The Morgan fingerprint density at radius 2 is 1.96 bits per heavy atom. The normalized spacial score (nSPS) is 18.7. The summed E-state index contributed by atoms with van der Waals surface area (Å²) < 4.78 is 0. The van der Waals surface area contributed by atoms with E-state index in [9.17, 15) is 4.79 Å². The van der Waals surface area contributed by atoms with Crippen molar-refractivity contribution in [3.05, 3.63) is 41.0 Å². The molecule has 0 radical (unpaired) electrons. The van der Waals surface area contributed by atoms with Crippen LogP contribution in [0.5, 0.6) is 0 Å². The fraction of sp³-hybridized carbons (Fsp3) is 0.444. The average Bonchev–Trinajstić information content (AvgIpc) is 3.02. The lowest BCUT2D eigenvalue weighted by atomic mass is 9.78. The molecule has 4 rings (SSSR count). The van der Waals surface area contributed by atoms with Crippen molar-refractivity contribution in [2.45, 2.75) is 19.3 Å². The Labute approximate surface area is 165 Å². The van der Waals surface area contributed by atoms with Gasteiger partial charge >= 0.3 is 0 Å². The lowest BCUT2D eigenvalue weighted by Gasteiger charge is -2.39. The van der Waals surface area contributed by atoms with Crippen LogP contribution in [0.4, 0.5) is 0 Å². The first-order valence-corrected chi connectivity index (χ1v) is 8.59. The Hall–Kier alpha value is -1.07. The van der Waals surface area contributed by atoms with Gasteiger partial charge in [0.15, 0.2) is 0 Å². The Balaban J connectivity index is 0.00000113. The van der Waals surface area contributed by atoms with Crippen molar-refractivity contribution in [2.24, 2.45) is 5.41 Å². The molecule has 2 aliphatic heterocycles. The number of amides is 1. The van der Waals surface area contributed by atoms with Crippen LogP contribution < -0.4 is 5.32 Å². The molecule has 0 aliphatic carbocycles. The largest absolute Gasteiger partial charge is 0.339 e. The number of carbonyl (C=O) groups is 1. The summed E-state index contributed by atoms with van der Waals surface area (Å²) in [4.78, 5) is 19.3. The van der Waals surface area contributed by atoms with Crippen LogP contribution in [0, 0.1) is 5.41 Å². The Bertz CT molecular complexity index is 752. The fourth-order valence-corrected chi connectivity index (χ4v) is 4.12. The van der Waals surface area contributed by atoms with Crippen molar-refractivity contribution in [3.8, 4) is 0 Å². The van der Waals surface area contributed by atoms with Crippen molar-refractivity contribution in [3.63, 3.8) is 0 Å². The summed E-state index contributed by atoms with van der Waals surface area (Å²) in [5, 5.41) is 4.96. The van der Waals surface area contributed by atoms with Gasteiger partial charge in [0.25, 0.3) is 5.91 Å². The molecule has 2 aliphatic rings. The van der Waals surface area contributed by atoms with Crippen LogP contribution in [-0.2, 0) is 0 Å². The summed E-state index contributed by atoms with van der Waals surface area (Å²) in [5.74, 6) is 0.0528. The van der Waals surface area contributed by atoms with Gasteiger partial charge in [-0.3, -0.25) is 9.78 Å². The van der Waals surface area contributed by atoms with E-state index in [-0.39, 0.29) is 30.7 Å². The van der Waals surface area contributed by atoms with Crippen LogP contribution in [0.1, 0.15) is 29.6 Å². The molecule has 0 atom stereocenters. The predicted octanol–water partition coefficient (Wildman–Crippen LogP) is 3.95. The van der Waals surface area contributed by atoms with Gasteiger partial charge in [-0.1, -0.05) is 17.7 Å². The van der Waals surface area contributed by atoms with Gasteiger partial charge in [-0.2, -0.15) is 0 Å². The van der Waals surface area contributed by atoms with Crippen LogP contribution in [0.3, 0.4) is 0 Å². The first-order chi connectivity index (χ1) is 11.2. The standard InChI is InChI=1S/C18H20ClN3O.2ClH/c19-14-10-13-2-1-6-21-16(13)15(11-14)17(23)22-8-4-18(5-9-22)3-7-20-12-18;;/h1-2,6,10-11,20H,3-5,7-9,12H2;2*1H. The lowest BCUT2D eigenvalue weighted by Crippen LogP contribution is -2.44. The number of likely N-dealkylation sites (tertiary alicyclic amines) is 1. The number of fused-ring (bicyclic) bond motifs is 1. The minimum absolute atomic E-state index is 0. The van der Waals surface area contributed by atoms with E-state index < -0.39 is 0 Å². The number of halogens is 3.